The Kier molecular flexibility index (Phi) is 6.83. The monoisotopic (exact) mass is 510 g/mol. The molecule has 2 aromatic carbocycles. The number of carbonyl (C=O) groups is 1. The molecule has 2 heterocycles. The molecule has 0 spiro atoms. The van der Waals surface area contributed by atoms with Crippen molar-refractivity contribution >= 4 is 38.6 Å². The van der Waals surface area contributed by atoms with E-state index in [4.69, 9.17) is 13.6 Å². The normalized spacial score (nSPS) is 11.6. The zero-order valence-electron chi connectivity index (χ0n) is 18.6. The maximum absolute atomic E-state index is 13.2. The molecule has 0 atom stereocenters. The van der Waals surface area contributed by atoms with Crippen LogP contribution in [0.3, 0.4) is 0 Å². The van der Waals surface area contributed by atoms with Crippen LogP contribution in [0.15, 0.2) is 98.1 Å². The highest BCUT2D eigenvalue weighted by molar-refractivity contribution is 7.92. The number of rotatable bonds is 10. The molecule has 0 saturated heterocycles. The molecule has 0 amide bonds. The summed E-state index contributed by atoms with van der Waals surface area (Å²) in [7, 11) is -2.87. The first-order valence-corrected chi connectivity index (χ1v) is 11.7. The van der Waals surface area contributed by atoms with Crippen molar-refractivity contribution in [2.75, 3.05) is 17.3 Å². The van der Waals surface area contributed by atoms with Crippen molar-refractivity contribution in [3.8, 4) is 5.75 Å². The molecule has 12 nitrogen and oxygen atoms in total. The number of methoxy groups -OCH3 is 1. The van der Waals surface area contributed by atoms with E-state index in [1.165, 1.54) is 56.0 Å². The van der Waals surface area contributed by atoms with E-state index in [1.54, 1.807) is 18.2 Å². The number of hydrazone groups is 1. The van der Waals surface area contributed by atoms with E-state index in [0.717, 1.165) is 12.1 Å². The van der Waals surface area contributed by atoms with Crippen LogP contribution in [0, 0.1) is 10.1 Å². The molecule has 0 bridgehead atoms. The van der Waals surface area contributed by atoms with Crippen LogP contribution >= 0.6 is 0 Å². The van der Waals surface area contributed by atoms with Crippen LogP contribution in [0.4, 0.5) is 17.1 Å². The lowest BCUT2D eigenvalue weighted by Gasteiger charge is -2.13. The van der Waals surface area contributed by atoms with Gasteiger partial charge in [-0.3, -0.25) is 25.1 Å². The first kappa shape index (κ1) is 24.2. The number of ether oxygens (including phenoxy) is 1. The average Bonchev–Trinajstić information content (AvgIpc) is 3.59. The van der Waals surface area contributed by atoms with Crippen LogP contribution < -0.4 is 14.9 Å². The minimum absolute atomic E-state index is 0.0235. The third-order valence-corrected chi connectivity index (χ3v) is 6.23. The van der Waals surface area contributed by atoms with Gasteiger partial charge in [0.2, 0.25) is 0 Å². The maximum Gasteiger partial charge on any atom is 0.270 e. The van der Waals surface area contributed by atoms with Crippen molar-refractivity contribution in [2.24, 2.45) is 5.10 Å². The van der Waals surface area contributed by atoms with Crippen molar-refractivity contribution in [2.45, 2.75) is 4.90 Å². The van der Waals surface area contributed by atoms with Gasteiger partial charge in [0.05, 0.1) is 30.2 Å². The number of nitrogens with one attached hydrogen (secondary N) is 2. The summed E-state index contributed by atoms with van der Waals surface area (Å²) < 4.78 is 44.2. The number of sulfonamides is 1. The summed E-state index contributed by atoms with van der Waals surface area (Å²) in [6.45, 7) is 0. The fourth-order valence-electron chi connectivity index (χ4n) is 3.08. The molecule has 0 radical (unpaired) electrons. The first-order valence-electron chi connectivity index (χ1n) is 10.2. The molecule has 184 valence electrons. The SMILES string of the molecule is COc1ccc(NS(=O)(=O)c2cc([N+](=O)[O-])ccc2NN=C(C(=O)c2ccco2)c2ccco2)cc1. The van der Waals surface area contributed by atoms with Crippen LogP contribution in [0.2, 0.25) is 0 Å². The van der Waals surface area contributed by atoms with E-state index in [2.05, 4.69) is 15.2 Å². The molecule has 0 aliphatic rings. The van der Waals surface area contributed by atoms with Gasteiger partial charge in [0.25, 0.3) is 21.5 Å². The number of ketones is 1. The lowest BCUT2D eigenvalue weighted by molar-refractivity contribution is -0.385. The fourth-order valence-corrected chi connectivity index (χ4v) is 4.32. The molecule has 0 aliphatic carbocycles. The lowest BCUT2D eigenvalue weighted by Crippen LogP contribution is -2.18. The molecular weight excluding hydrogens is 492 g/mol. The van der Waals surface area contributed by atoms with Gasteiger partial charge >= 0.3 is 0 Å². The summed E-state index contributed by atoms with van der Waals surface area (Å²) in [5, 5.41) is 15.4. The maximum atomic E-state index is 13.2. The second-order valence-electron chi connectivity index (χ2n) is 7.13. The number of nitrogens with zero attached hydrogens (tertiary/aromatic N) is 2. The van der Waals surface area contributed by atoms with Crippen LogP contribution in [-0.2, 0) is 10.0 Å². The zero-order chi connectivity index (χ0) is 25.7. The lowest BCUT2D eigenvalue weighted by atomic mass is 10.1. The third-order valence-electron chi connectivity index (χ3n) is 4.81. The fraction of sp³-hybridized carbons (Fsp3) is 0.0435. The number of anilines is 2. The Labute approximate surface area is 204 Å². The van der Waals surface area contributed by atoms with Crippen LogP contribution in [0.5, 0.6) is 5.75 Å². The van der Waals surface area contributed by atoms with E-state index in [-0.39, 0.29) is 28.6 Å². The Bertz CT molecular complexity index is 1510. The Morgan fingerprint density at radius 3 is 2.25 bits per heavy atom. The molecule has 0 aliphatic heterocycles. The van der Waals surface area contributed by atoms with E-state index >= 15 is 0 Å². The van der Waals surface area contributed by atoms with Crippen molar-refractivity contribution in [3.05, 3.63) is 101 Å². The van der Waals surface area contributed by atoms with Crippen molar-refractivity contribution in [1.29, 1.82) is 0 Å². The van der Waals surface area contributed by atoms with Gasteiger partial charge in [0.1, 0.15) is 10.6 Å². The summed E-state index contributed by atoms with van der Waals surface area (Å²) in [5.41, 5.74) is 1.92. The molecule has 4 aromatic rings. The van der Waals surface area contributed by atoms with Gasteiger partial charge in [0.15, 0.2) is 17.2 Å². The number of non-ortho nitro benzene ring substituents is 1. The van der Waals surface area contributed by atoms with Crippen LogP contribution in [-0.4, -0.2) is 31.9 Å². The number of nitro benzene ring substituents is 1. The smallest absolute Gasteiger partial charge is 0.270 e. The number of Topliss-reactive ketones (excluding diaryl/α,β-unsaturated/α-hetero) is 1. The quantitative estimate of drug-likeness (QED) is 0.137. The van der Waals surface area contributed by atoms with Gasteiger partial charge in [-0.05, 0) is 54.6 Å². The number of benzene rings is 2. The highest BCUT2D eigenvalue weighted by atomic mass is 32.2. The van der Waals surface area contributed by atoms with E-state index in [0.29, 0.717) is 5.75 Å². The van der Waals surface area contributed by atoms with Crippen LogP contribution in [0.25, 0.3) is 0 Å². The summed E-state index contributed by atoms with van der Waals surface area (Å²) in [5.74, 6) is -0.0574. The molecule has 13 heteroatoms. The summed E-state index contributed by atoms with van der Waals surface area (Å²) in [6.07, 6.45) is 2.65. The molecule has 0 fully saturated rings. The second-order valence-corrected chi connectivity index (χ2v) is 8.78. The van der Waals surface area contributed by atoms with Crippen LogP contribution in [0.1, 0.15) is 16.3 Å². The zero-order valence-corrected chi connectivity index (χ0v) is 19.4. The minimum Gasteiger partial charge on any atom is -0.497 e. The van der Waals surface area contributed by atoms with Gasteiger partial charge < -0.3 is 13.6 Å². The summed E-state index contributed by atoms with van der Waals surface area (Å²) in [4.78, 5) is 23.0. The summed E-state index contributed by atoms with van der Waals surface area (Å²) >= 11 is 0. The van der Waals surface area contributed by atoms with Gasteiger partial charge in [-0.1, -0.05) is 0 Å². The molecule has 2 N–H and O–H groups in total. The summed E-state index contributed by atoms with van der Waals surface area (Å²) in [6, 6.07) is 15.2. The second kappa shape index (κ2) is 10.1. The topological polar surface area (TPSA) is 166 Å². The molecule has 36 heavy (non-hydrogen) atoms. The van der Waals surface area contributed by atoms with Crippen molar-refractivity contribution in [1.82, 2.24) is 0 Å². The molecular formula is C23H18N4O8S. The average molecular weight is 510 g/mol. The molecule has 2 aromatic heterocycles. The highest BCUT2D eigenvalue weighted by Crippen LogP contribution is 2.29. The Morgan fingerprint density at radius 1 is 1.00 bits per heavy atom. The Morgan fingerprint density at radius 2 is 1.67 bits per heavy atom. The standard InChI is InChI=1S/C23H18N4O8S/c1-33-17-9-6-15(7-10-17)26-36(31,32)21-14-16(27(29)30)8-11-18(21)24-25-22(19-4-2-12-34-19)23(28)20-5-3-13-35-20/h2-14,24,26H,1H3. The number of hydrogen-bond acceptors (Lipinski definition) is 10. The Balaban J connectivity index is 1.73. The number of carbonyl (C=O) groups excluding carboxylic acids is 1. The number of furan rings is 2. The minimum atomic E-state index is -4.34. The van der Waals surface area contributed by atoms with Crippen molar-refractivity contribution < 1.29 is 31.7 Å². The predicted octanol–water partition coefficient (Wildman–Crippen LogP) is 4.29. The third kappa shape index (κ3) is 5.26. The van der Waals surface area contributed by atoms with Gasteiger partial charge in [-0.15, -0.1) is 0 Å². The van der Waals surface area contributed by atoms with Gasteiger partial charge in [-0.25, -0.2) is 8.42 Å². The van der Waals surface area contributed by atoms with E-state index in [1.807, 2.05) is 0 Å². The van der Waals surface area contributed by atoms with Gasteiger partial charge in [-0.2, -0.15) is 5.10 Å². The Hall–Kier alpha value is -4.91. The first-order chi connectivity index (χ1) is 17.3. The predicted molar refractivity (Wildman–Crippen MR) is 129 cm³/mol. The van der Waals surface area contributed by atoms with Crippen molar-refractivity contribution in [3.63, 3.8) is 0 Å². The molecule has 0 saturated carbocycles. The number of nitro groups is 1. The molecule has 4 rings (SSSR count). The van der Waals surface area contributed by atoms with E-state index in [9.17, 15) is 23.3 Å². The molecule has 0 unspecified atom stereocenters. The van der Waals surface area contributed by atoms with Gasteiger partial charge in [0, 0.05) is 17.8 Å². The largest absolute Gasteiger partial charge is 0.497 e. The highest BCUT2D eigenvalue weighted by Gasteiger charge is 2.25. The van der Waals surface area contributed by atoms with E-state index < -0.39 is 31.3 Å². The number of hydrogen-bond donors (Lipinski definition) is 2.